The van der Waals surface area contributed by atoms with Crippen LogP contribution in [0.4, 0.5) is 0 Å². The first kappa shape index (κ1) is 23.9. The van der Waals surface area contributed by atoms with Crippen LogP contribution in [0.15, 0.2) is 73.1 Å². The molecule has 1 aliphatic heterocycles. The molecule has 0 amide bonds. The molecule has 0 bridgehead atoms. The van der Waals surface area contributed by atoms with Crippen molar-refractivity contribution in [3.05, 3.63) is 78.6 Å². The summed E-state index contributed by atoms with van der Waals surface area (Å²) in [6, 6.07) is 7.55. The molecular formula is C25H37N3O2. The minimum Gasteiger partial charge on any atom is -0.508 e. The van der Waals surface area contributed by atoms with Crippen LogP contribution in [-0.2, 0) is 6.54 Å². The number of allylic oxidation sites excluding steroid dienone is 2. The number of phenolic OH excluding ortho intramolecular Hbond substituents is 1. The van der Waals surface area contributed by atoms with Crippen LogP contribution in [-0.4, -0.2) is 77.3 Å². The molecule has 1 saturated heterocycles. The van der Waals surface area contributed by atoms with E-state index in [1.807, 2.05) is 24.3 Å². The maximum absolute atomic E-state index is 10.2. The highest BCUT2D eigenvalue weighted by molar-refractivity contribution is 5.31. The molecule has 30 heavy (non-hydrogen) atoms. The van der Waals surface area contributed by atoms with E-state index in [1.165, 1.54) is 5.57 Å². The number of nitrogens with zero attached hydrogens (tertiary/aromatic N) is 3. The fourth-order valence-electron chi connectivity index (χ4n) is 3.58. The van der Waals surface area contributed by atoms with E-state index in [0.717, 1.165) is 69.9 Å². The van der Waals surface area contributed by atoms with E-state index in [9.17, 15) is 10.2 Å². The zero-order chi connectivity index (χ0) is 21.9. The number of aliphatic hydroxyl groups is 1. The lowest BCUT2D eigenvalue weighted by molar-refractivity contribution is 0.213. The molecule has 0 aromatic heterocycles. The summed E-state index contributed by atoms with van der Waals surface area (Å²) in [5.41, 5.74) is 2.95. The lowest BCUT2D eigenvalue weighted by Gasteiger charge is -2.26. The summed E-state index contributed by atoms with van der Waals surface area (Å²) in [4.78, 5) is 7.23. The van der Waals surface area contributed by atoms with Gasteiger partial charge in [-0.2, -0.15) is 0 Å². The molecule has 1 fully saturated rings. The summed E-state index contributed by atoms with van der Waals surface area (Å²) in [5, 5.41) is 20.1. The molecule has 0 spiro atoms. The summed E-state index contributed by atoms with van der Waals surface area (Å²) in [6.07, 6.45) is 4.51. The van der Waals surface area contributed by atoms with Crippen LogP contribution in [0.3, 0.4) is 0 Å². The SMILES string of the molecule is C=C/C=C(/CN1CCN(CCC(=C)C)CCN(Cc2ccccc2O)CC1)C(=C)O. The summed E-state index contributed by atoms with van der Waals surface area (Å²) >= 11 is 0. The third-order valence-corrected chi connectivity index (χ3v) is 5.52. The third-order valence-electron chi connectivity index (χ3n) is 5.52. The molecule has 1 heterocycles. The largest absolute Gasteiger partial charge is 0.508 e. The van der Waals surface area contributed by atoms with Crippen molar-refractivity contribution in [2.75, 3.05) is 52.4 Å². The second-order valence-electron chi connectivity index (χ2n) is 8.10. The minimum absolute atomic E-state index is 0.0972. The molecular weight excluding hydrogens is 374 g/mol. The van der Waals surface area contributed by atoms with Crippen LogP contribution in [0.5, 0.6) is 5.75 Å². The smallest absolute Gasteiger partial charge is 0.120 e. The molecule has 5 nitrogen and oxygen atoms in total. The molecule has 2 rings (SSSR count). The van der Waals surface area contributed by atoms with E-state index < -0.39 is 0 Å². The first-order chi connectivity index (χ1) is 14.4. The lowest BCUT2D eigenvalue weighted by Crippen LogP contribution is -2.37. The summed E-state index contributed by atoms with van der Waals surface area (Å²) in [6.45, 7) is 21.5. The predicted molar refractivity (Wildman–Crippen MR) is 126 cm³/mol. The van der Waals surface area contributed by atoms with Crippen molar-refractivity contribution >= 4 is 0 Å². The highest BCUT2D eigenvalue weighted by Gasteiger charge is 2.18. The van der Waals surface area contributed by atoms with Crippen LogP contribution in [0.2, 0.25) is 0 Å². The van der Waals surface area contributed by atoms with Gasteiger partial charge in [0.05, 0.1) is 0 Å². The van der Waals surface area contributed by atoms with Gasteiger partial charge in [0.2, 0.25) is 0 Å². The molecule has 5 heteroatoms. The molecule has 164 valence electrons. The first-order valence-electron chi connectivity index (χ1n) is 10.7. The zero-order valence-electron chi connectivity index (χ0n) is 18.4. The topological polar surface area (TPSA) is 50.2 Å². The van der Waals surface area contributed by atoms with Crippen LogP contribution in [0, 0.1) is 0 Å². The van der Waals surface area contributed by atoms with Gasteiger partial charge in [-0.15, -0.1) is 6.58 Å². The van der Waals surface area contributed by atoms with Crippen molar-refractivity contribution in [2.45, 2.75) is 19.9 Å². The molecule has 1 aliphatic rings. The Labute approximate surface area is 181 Å². The highest BCUT2D eigenvalue weighted by Crippen LogP contribution is 2.18. The number of hydrogen-bond donors (Lipinski definition) is 2. The number of hydrogen-bond acceptors (Lipinski definition) is 5. The van der Waals surface area contributed by atoms with Gasteiger partial charge in [0.15, 0.2) is 0 Å². The number of para-hydroxylation sites is 1. The normalized spacial score (nSPS) is 17.7. The lowest BCUT2D eigenvalue weighted by atomic mass is 10.2. The van der Waals surface area contributed by atoms with Crippen molar-refractivity contribution in [1.29, 1.82) is 0 Å². The van der Waals surface area contributed by atoms with E-state index in [4.69, 9.17) is 0 Å². The molecule has 1 aromatic carbocycles. The summed E-state index contributed by atoms with van der Waals surface area (Å²) < 4.78 is 0. The van der Waals surface area contributed by atoms with E-state index in [0.29, 0.717) is 12.3 Å². The summed E-state index contributed by atoms with van der Waals surface area (Å²) in [5.74, 6) is 0.445. The van der Waals surface area contributed by atoms with E-state index in [2.05, 4.69) is 41.4 Å². The van der Waals surface area contributed by atoms with Crippen molar-refractivity contribution < 1.29 is 10.2 Å². The Morgan fingerprint density at radius 3 is 2.17 bits per heavy atom. The van der Waals surface area contributed by atoms with Gasteiger partial charge < -0.3 is 15.1 Å². The fraction of sp³-hybridized carbons (Fsp3) is 0.440. The van der Waals surface area contributed by atoms with Gasteiger partial charge in [-0.05, 0) is 19.4 Å². The van der Waals surface area contributed by atoms with Gasteiger partial charge in [0.25, 0.3) is 0 Å². The Bertz CT molecular complexity index is 757. The van der Waals surface area contributed by atoms with Crippen molar-refractivity contribution in [3.8, 4) is 5.75 Å². The monoisotopic (exact) mass is 411 g/mol. The van der Waals surface area contributed by atoms with Crippen molar-refractivity contribution in [1.82, 2.24) is 14.7 Å². The van der Waals surface area contributed by atoms with Gasteiger partial charge in [-0.3, -0.25) is 9.80 Å². The van der Waals surface area contributed by atoms with E-state index in [-0.39, 0.29) is 5.76 Å². The summed E-state index contributed by atoms with van der Waals surface area (Å²) in [7, 11) is 0. The van der Waals surface area contributed by atoms with Crippen molar-refractivity contribution in [2.24, 2.45) is 0 Å². The number of benzene rings is 1. The van der Waals surface area contributed by atoms with Crippen LogP contribution in [0.25, 0.3) is 0 Å². The Morgan fingerprint density at radius 2 is 1.60 bits per heavy atom. The number of aliphatic hydroxyl groups excluding tert-OH is 1. The van der Waals surface area contributed by atoms with E-state index >= 15 is 0 Å². The van der Waals surface area contributed by atoms with Gasteiger partial charge in [-0.1, -0.05) is 49.1 Å². The zero-order valence-corrected chi connectivity index (χ0v) is 18.4. The van der Waals surface area contributed by atoms with Gasteiger partial charge in [0.1, 0.15) is 11.5 Å². The number of phenols is 1. The Morgan fingerprint density at radius 1 is 1.00 bits per heavy atom. The number of aromatic hydroxyl groups is 1. The van der Waals surface area contributed by atoms with Gasteiger partial charge in [0, 0.05) is 70.0 Å². The second kappa shape index (κ2) is 12.4. The van der Waals surface area contributed by atoms with Crippen LogP contribution in [0.1, 0.15) is 18.9 Å². The first-order valence-corrected chi connectivity index (χ1v) is 10.7. The molecule has 0 radical (unpaired) electrons. The Hall–Kier alpha value is -2.34. The average molecular weight is 412 g/mol. The molecule has 2 N–H and O–H groups in total. The second-order valence-corrected chi connectivity index (χ2v) is 8.10. The predicted octanol–water partition coefficient (Wildman–Crippen LogP) is 3.96. The Balaban J connectivity index is 2.13. The minimum atomic E-state index is 0.0972. The molecule has 0 unspecified atom stereocenters. The third kappa shape index (κ3) is 8.19. The molecule has 0 atom stereocenters. The van der Waals surface area contributed by atoms with Gasteiger partial charge in [-0.25, -0.2) is 0 Å². The van der Waals surface area contributed by atoms with Crippen LogP contribution < -0.4 is 0 Å². The quantitative estimate of drug-likeness (QED) is 0.366. The van der Waals surface area contributed by atoms with E-state index in [1.54, 1.807) is 12.1 Å². The molecule has 0 aliphatic carbocycles. The maximum Gasteiger partial charge on any atom is 0.120 e. The Kier molecular flexibility index (Phi) is 9.87. The standard InChI is InChI=1S/C25H37N3O2/c1-5-8-23(22(4)29)19-27-15-13-26(12-11-21(2)3)14-16-28(18-17-27)20-24-9-6-7-10-25(24)30/h5-10,29-30H,1-2,4,11-20H2,3H3/b23-8-. The molecule has 0 saturated carbocycles. The number of rotatable bonds is 9. The maximum atomic E-state index is 10.2. The highest BCUT2D eigenvalue weighted by atomic mass is 16.3. The molecule has 1 aromatic rings. The fourth-order valence-corrected chi connectivity index (χ4v) is 3.58. The average Bonchev–Trinajstić information content (AvgIpc) is 2.79. The van der Waals surface area contributed by atoms with Crippen LogP contribution >= 0.6 is 0 Å². The van der Waals surface area contributed by atoms with Crippen molar-refractivity contribution in [3.63, 3.8) is 0 Å². The van der Waals surface area contributed by atoms with Gasteiger partial charge >= 0.3 is 0 Å².